The molecule has 4 rings (SSSR count). The van der Waals surface area contributed by atoms with E-state index >= 15 is 0 Å². The average Bonchev–Trinajstić information content (AvgIpc) is 3.12. The molecule has 1 aromatic heterocycles. The molecule has 28 heavy (non-hydrogen) atoms. The molecule has 148 valence electrons. The van der Waals surface area contributed by atoms with Crippen molar-refractivity contribution in [2.45, 2.75) is 30.5 Å². The maximum Gasteiger partial charge on any atom is 0.261 e. The molecule has 6 nitrogen and oxygen atoms in total. The molecule has 0 saturated carbocycles. The van der Waals surface area contributed by atoms with Gasteiger partial charge in [-0.25, -0.2) is 12.8 Å². The largest absolute Gasteiger partial charge is 0.483 e. The molecule has 1 aliphatic heterocycles. The van der Waals surface area contributed by atoms with E-state index in [2.05, 4.69) is 10.0 Å². The van der Waals surface area contributed by atoms with Crippen LogP contribution in [-0.4, -0.2) is 33.8 Å². The standard InChI is InChI=1S/C20H21FN2O4S/c1-13-3-2-4-16(9-13)28(24,25)23-15-10-14-6-8-26-20(14)19(11-15)27-18-5-7-22-12-17(18)21/h2-4,6,8-11,17-18,22-23H,5,7,12H2,1H3/t17-,18-/m1/s1. The van der Waals surface area contributed by atoms with Crippen LogP contribution in [-0.2, 0) is 10.0 Å². The third-order valence-electron chi connectivity index (χ3n) is 4.70. The Morgan fingerprint density at radius 3 is 2.89 bits per heavy atom. The molecule has 2 heterocycles. The summed E-state index contributed by atoms with van der Waals surface area (Å²) in [5.41, 5.74) is 1.64. The molecule has 2 N–H and O–H groups in total. The summed E-state index contributed by atoms with van der Waals surface area (Å²) >= 11 is 0. The SMILES string of the molecule is Cc1cccc(S(=O)(=O)Nc2cc(O[C@@H]3CCNC[C@H]3F)c3occc3c2)c1. The number of sulfonamides is 1. The van der Waals surface area contributed by atoms with E-state index in [1.165, 1.54) is 18.4 Å². The number of alkyl halides is 1. The lowest BCUT2D eigenvalue weighted by molar-refractivity contribution is 0.0736. The van der Waals surface area contributed by atoms with Crippen LogP contribution in [0, 0.1) is 6.92 Å². The third-order valence-corrected chi connectivity index (χ3v) is 6.07. The number of hydrogen-bond acceptors (Lipinski definition) is 5. The monoisotopic (exact) mass is 404 g/mol. The van der Waals surface area contributed by atoms with Crippen LogP contribution in [0.25, 0.3) is 11.0 Å². The molecule has 0 unspecified atom stereocenters. The van der Waals surface area contributed by atoms with Gasteiger partial charge in [0.15, 0.2) is 11.3 Å². The number of nitrogens with one attached hydrogen (secondary N) is 2. The number of fused-ring (bicyclic) bond motifs is 1. The summed E-state index contributed by atoms with van der Waals surface area (Å²) in [5, 5.41) is 3.65. The van der Waals surface area contributed by atoms with Gasteiger partial charge in [0.25, 0.3) is 10.0 Å². The molecule has 0 bridgehead atoms. The Kier molecular flexibility index (Phi) is 4.99. The van der Waals surface area contributed by atoms with Crippen LogP contribution in [0.4, 0.5) is 10.1 Å². The molecule has 1 aliphatic rings. The predicted molar refractivity (Wildman–Crippen MR) is 105 cm³/mol. The zero-order valence-corrected chi connectivity index (χ0v) is 16.1. The van der Waals surface area contributed by atoms with E-state index in [1.54, 1.807) is 24.3 Å². The first-order chi connectivity index (χ1) is 13.4. The maximum atomic E-state index is 14.2. The first-order valence-corrected chi connectivity index (χ1v) is 10.5. The van der Waals surface area contributed by atoms with Crippen molar-refractivity contribution in [1.29, 1.82) is 0 Å². The summed E-state index contributed by atoms with van der Waals surface area (Å²) in [6.07, 6.45) is 0.249. The van der Waals surface area contributed by atoms with Gasteiger partial charge in [0, 0.05) is 18.0 Å². The minimum atomic E-state index is -3.77. The number of anilines is 1. The number of piperidine rings is 1. The minimum absolute atomic E-state index is 0.171. The van der Waals surface area contributed by atoms with Gasteiger partial charge in [-0.1, -0.05) is 12.1 Å². The number of benzene rings is 2. The number of rotatable bonds is 5. The van der Waals surface area contributed by atoms with Crippen molar-refractivity contribution in [3.63, 3.8) is 0 Å². The highest BCUT2D eigenvalue weighted by molar-refractivity contribution is 7.92. The van der Waals surface area contributed by atoms with Gasteiger partial charge in [-0.3, -0.25) is 4.72 Å². The second-order valence-corrected chi connectivity index (χ2v) is 8.58. The Balaban J connectivity index is 1.66. The highest BCUT2D eigenvalue weighted by Gasteiger charge is 2.27. The van der Waals surface area contributed by atoms with Gasteiger partial charge in [0.05, 0.1) is 16.8 Å². The molecule has 1 saturated heterocycles. The summed E-state index contributed by atoms with van der Waals surface area (Å²) in [5.74, 6) is 0.319. The fraction of sp³-hybridized carbons (Fsp3) is 0.300. The molecule has 0 radical (unpaired) electrons. The summed E-state index contributed by atoms with van der Waals surface area (Å²) in [6.45, 7) is 2.71. The Bertz CT molecular complexity index is 1100. The van der Waals surface area contributed by atoms with Gasteiger partial charge in [-0.15, -0.1) is 0 Å². The summed E-state index contributed by atoms with van der Waals surface area (Å²) in [6, 6.07) is 11.6. The van der Waals surface area contributed by atoms with Gasteiger partial charge in [0.1, 0.15) is 12.3 Å². The maximum absolute atomic E-state index is 14.2. The molecule has 2 aromatic carbocycles. The Morgan fingerprint density at radius 1 is 1.25 bits per heavy atom. The molecule has 0 spiro atoms. The fourth-order valence-electron chi connectivity index (χ4n) is 3.28. The van der Waals surface area contributed by atoms with Crippen molar-refractivity contribution in [3.8, 4) is 5.75 Å². The van der Waals surface area contributed by atoms with Crippen molar-refractivity contribution in [2.75, 3.05) is 17.8 Å². The van der Waals surface area contributed by atoms with E-state index in [9.17, 15) is 12.8 Å². The molecule has 1 fully saturated rings. The number of ether oxygens (including phenoxy) is 1. The highest BCUT2D eigenvalue weighted by Crippen LogP contribution is 2.33. The summed E-state index contributed by atoms with van der Waals surface area (Å²) in [4.78, 5) is 0.171. The Morgan fingerprint density at radius 2 is 2.11 bits per heavy atom. The van der Waals surface area contributed by atoms with Crippen LogP contribution >= 0.6 is 0 Å². The lowest BCUT2D eigenvalue weighted by Crippen LogP contribution is -2.44. The van der Waals surface area contributed by atoms with Crippen molar-refractivity contribution in [2.24, 2.45) is 0 Å². The van der Waals surface area contributed by atoms with Crippen LogP contribution < -0.4 is 14.8 Å². The van der Waals surface area contributed by atoms with Crippen molar-refractivity contribution in [1.82, 2.24) is 5.32 Å². The zero-order valence-electron chi connectivity index (χ0n) is 15.3. The first-order valence-electron chi connectivity index (χ1n) is 9.04. The normalized spacial score (nSPS) is 20.2. The van der Waals surface area contributed by atoms with Gasteiger partial charge < -0.3 is 14.5 Å². The first kappa shape index (κ1) is 18.8. The van der Waals surface area contributed by atoms with E-state index in [0.29, 0.717) is 35.4 Å². The van der Waals surface area contributed by atoms with E-state index in [1.807, 2.05) is 13.0 Å². The van der Waals surface area contributed by atoms with Crippen LogP contribution in [0.2, 0.25) is 0 Å². The highest BCUT2D eigenvalue weighted by atomic mass is 32.2. The van der Waals surface area contributed by atoms with E-state index in [0.717, 1.165) is 5.56 Å². The molecular formula is C20H21FN2O4S. The molecular weight excluding hydrogens is 383 g/mol. The van der Waals surface area contributed by atoms with Gasteiger partial charge in [-0.2, -0.15) is 0 Å². The van der Waals surface area contributed by atoms with Crippen LogP contribution in [0.5, 0.6) is 5.75 Å². The van der Waals surface area contributed by atoms with Crippen molar-refractivity contribution >= 4 is 26.7 Å². The lowest BCUT2D eigenvalue weighted by Gasteiger charge is -2.27. The van der Waals surface area contributed by atoms with Crippen LogP contribution in [0.1, 0.15) is 12.0 Å². The number of furan rings is 1. The zero-order chi connectivity index (χ0) is 19.7. The van der Waals surface area contributed by atoms with Gasteiger partial charge in [0.2, 0.25) is 0 Å². The fourth-order valence-corrected chi connectivity index (χ4v) is 4.43. The lowest BCUT2D eigenvalue weighted by atomic mass is 10.1. The number of halogens is 1. The van der Waals surface area contributed by atoms with Crippen molar-refractivity contribution < 1.29 is 22.0 Å². The molecule has 2 atom stereocenters. The van der Waals surface area contributed by atoms with Gasteiger partial charge >= 0.3 is 0 Å². The predicted octanol–water partition coefficient (Wildman–Crippen LogP) is 3.62. The van der Waals surface area contributed by atoms with E-state index < -0.39 is 22.3 Å². The Labute approximate surface area is 162 Å². The molecule has 0 aliphatic carbocycles. The number of aryl methyl sites for hydroxylation is 1. The third kappa shape index (κ3) is 3.83. The van der Waals surface area contributed by atoms with Gasteiger partial charge in [-0.05, 0) is 49.7 Å². The smallest absolute Gasteiger partial charge is 0.261 e. The molecule has 0 amide bonds. The topological polar surface area (TPSA) is 80.6 Å². The quantitative estimate of drug-likeness (QED) is 0.679. The Hall–Kier alpha value is -2.58. The molecule has 8 heteroatoms. The second kappa shape index (κ2) is 7.44. The molecule has 3 aromatic rings. The van der Waals surface area contributed by atoms with E-state index in [-0.39, 0.29) is 11.4 Å². The van der Waals surface area contributed by atoms with Crippen LogP contribution in [0.15, 0.2) is 58.0 Å². The average molecular weight is 404 g/mol. The summed E-state index contributed by atoms with van der Waals surface area (Å²) < 4.78 is 53.6. The van der Waals surface area contributed by atoms with Crippen molar-refractivity contribution in [3.05, 3.63) is 54.3 Å². The van der Waals surface area contributed by atoms with Crippen LogP contribution in [0.3, 0.4) is 0 Å². The second-order valence-electron chi connectivity index (χ2n) is 6.90. The number of hydrogen-bond donors (Lipinski definition) is 2. The van der Waals surface area contributed by atoms with E-state index in [4.69, 9.17) is 9.15 Å². The minimum Gasteiger partial charge on any atom is -0.483 e. The summed E-state index contributed by atoms with van der Waals surface area (Å²) in [7, 11) is -3.77.